The van der Waals surface area contributed by atoms with Gasteiger partial charge >= 0.3 is 5.97 Å². The number of carboxylic acids is 1. The van der Waals surface area contributed by atoms with Crippen LogP contribution in [0.3, 0.4) is 0 Å². The Kier molecular flexibility index (Phi) is 12.7. The van der Waals surface area contributed by atoms with Crippen molar-refractivity contribution in [3.8, 4) is 22.3 Å². The first-order chi connectivity index (χ1) is 22.5. The standard InChI is InChI=1S/C35H38F2N2O7S/c1-21(2)39-30(17-16-28(40)18-29(41)19-31(42)43)32(23-6-10-25(36)11-7-23)33(24-8-12-26(37)13-9-24)34(39)35(44)38-27-14-4-22(5-15-27)20-47-46-45-3/h4-15,21,28-29,40-41H,16-20H2,1-3H3,(H,38,44)(H,42,43)/t28-,29-/m1/s1. The highest BCUT2D eigenvalue weighted by Crippen LogP contribution is 2.43. The van der Waals surface area contributed by atoms with Crippen LogP contribution in [0.25, 0.3) is 22.3 Å². The molecule has 4 rings (SSSR count). The van der Waals surface area contributed by atoms with Crippen LogP contribution in [0.5, 0.6) is 0 Å². The molecule has 1 aromatic heterocycles. The van der Waals surface area contributed by atoms with Crippen molar-refractivity contribution in [1.82, 2.24) is 4.57 Å². The van der Waals surface area contributed by atoms with Gasteiger partial charge < -0.3 is 25.2 Å². The van der Waals surface area contributed by atoms with Crippen LogP contribution >= 0.6 is 12.0 Å². The number of halogens is 2. The largest absolute Gasteiger partial charge is 0.481 e. The minimum absolute atomic E-state index is 0.137. The normalized spacial score (nSPS) is 12.7. The van der Waals surface area contributed by atoms with Gasteiger partial charge in [0.2, 0.25) is 0 Å². The molecule has 0 aliphatic carbocycles. The Morgan fingerprint density at radius 2 is 1.45 bits per heavy atom. The molecule has 0 aliphatic rings. The van der Waals surface area contributed by atoms with E-state index in [-0.39, 0.29) is 31.0 Å². The van der Waals surface area contributed by atoms with Crippen LogP contribution in [0.2, 0.25) is 0 Å². The van der Waals surface area contributed by atoms with Crippen LogP contribution in [-0.4, -0.2) is 51.1 Å². The molecule has 0 radical (unpaired) electrons. The molecule has 4 N–H and O–H groups in total. The third kappa shape index (κ3) is 9.49. The number of nitrogens with zero attached hydrogens (tertiary/aromatic N) is 1. The van der Waals surface area contributed by atoms with Crippen molar-refractivity contribution in [2.24, 2.45) is 0 Å². The predicted molar refractivity (Wildman–Crippen MR) is 177 cm³/mol. The zero-order chi connectivity index (χ0) is 34.1. The predicted octanol–water partition coefficient (Wildman–Crippen LogP) is 7.18. The van der Waals surface area contributed by atoms with Crippen LogP contribution in [0, 0.1) is 11.6 Å². The number of nitrogens with one attached hydrogen (secondary N) is 1. The van der Waals surface area contributed by atoms with E-state index >= 15 is 0 Å². The van der Waals surface area contributed by atoms with Crippen molar-refractivity contribution in [3.63, 3.8) is 0 Å². The molecule has 0 bridgehead atoms. The average Bonchev–Trinajstić information content (AvgIpc) is 3.37. The Bertz CT molecular complexity index is 1640. The number of carboxylic acid groups (broad SMARTS) is 1. The minimum Gasteiger partial charge on any atom is -0.481 e. The Labute approximate surface area is 276 Å². The van der Waals surface area contributed by atoms with E-state index in [4.69, 9.17) is 9.44 Å². The zero-order valence-electron chi connectivity index (χ0n) is 26.3. The number of benzene rings is 3. The van der Waals surface area contributed by atoms with Gasteiger partial charge in [0.25, 0.3) is 5.91 Å². The maximum Gasteiger partial charge on any atom is 0.305 e. The second kappa shape index (κ2) is 16.7. The van der Waals surface area contributed by atoms with Crippen molar-refractivity contribution < 1.29 is 42.9 Å². The third-order valence-corrected chi connectivity index (χ3v) is 8.21. The van der Waals surface area contributed by atoms with Crippen LogP contribution in [-0.2, 0) is 26.2 Å². The van der Waals surface area contributed by atoms with E-state index < -0.39 is 42.1 Å². The number of aromatic nitrogens is 1. The highest BCUT2D eigenvalue weighted by molar-refractivity contribution is 7.93. The summed E-state index contributed by atoms with van der Waals surface area (Å²) in [6, 6.07) is 18.5. The lowest BCUT2D eigenvalue weighted by Crippen LogP contribution is -2.22. The fraction of sp³-hybridized carbons (Fsp3) is 0.314. The van der Waals surface area contributed by atoms with Gasteiger partial charge in [-0.3, -0.25) is 9.59 Å². The fourth-order valence-electron chi connectivity index (χ4n) is 5.54. The molecule has 2 atom stereocenters. The molecule has 4 aromatic rings. The van der Waals surface area contributed by atoms with E-state index in [2.05, 4.69) is 10.2 Å². The molecule has 3 aromatic carbocycles. The molecule has 250 valence electrons. The summed E-state index contributed by atoms with van der Waals surface area (Å²) in [5.74, 6) is -1.99. The number of hydrogen-bond acceptors (Lipinski definition) is 7. The van der Waals surface area contributed by atoms with Crippen molar-refractivity contribution in [2.75, 3.05) is 12.4 Å². The second-order valence-corrected chi connectivity index (χ2v) is 12.0. The molecule has 0 spiro atoms. The molecule has 1 heterocycles. The highest BCUT2D eigenvalue weighted by atomic mass is 32.2. The SMILES string of the molecule is COOSCc1ccc(NC(=O)c2c(-c3ccc(F)cc3)c(-c3ccc(F)cc3)c(CC[C@@H](O)C[C@@H](O)CC(=O)O)n2C(C)C)cc1. The van der Waals surface area contributed by atoms with Gasteiger partial charge in [-0.05, 0) is 86.2 Å². The summed E-state index contributed by atoms with van der Waals surface area (Å²) in [6.45, 7) is 3.81. The van der Waals surface area contributed by atoms with Gasteiger partial charge in [-0.2, -0.15) is 4.33 Å². The van der Waals surface area contributed by atoms with Gasteiger partial charge in [0.05, 0.1) is 25.7 Å². The number of carbonyl (C=O) groups excluding carboxylic acids is 1. The molecule has 47 heavy (non-hydrogen) atoms. The molecule has 12 heteroatoms. The number of anilines is 1. The summed E-state index contributed by atoms with van der Waals surface area (Å²) in [4.78, 5) is 29.9. The van der Waals surface area contributed by atoms with E-state index in [0.29, 0.717) is 39.4 Å². The summed E-state index contributed by atoms with van der Waals surface area (Å²) in [5, 5.41) is 32.9. The average molecular weight is 669 g/mol. The van der Waals surface area contributed by atoms with Gasteiger partial charge in [-0.15, -0.1) is 0 Å². The Balaban J connectivity index is 1.84. The highest BCUT2D eigenvalue weighted by Gasteiger charge is 2.30. The van der Waals surface area contributed by atoms with Gasteiger partial charge in [0.15, 0.2) is 0 Å². The molecule has 0 saturated heterocycles. The van der Waals surface area contributed by atoms with Crippen LogP contribution in [0.4, 0.5) is 14.5 Å². The molecule has 9 nitrogen and oxygen atoms in total. The summed E-state index contributed by atoms with van der Waals surface area (Å²) >= 11 is 1.12. The van der Waals surface area contributed by atoms with Crippen molar-refractivity contribution in [1.29, 1.82) is 0 Å². The van der Waals surface area contributed by atoms with E-state index in [1.165, 1.54) is 31.4 Å². The first kappa shape index (κ1) is 35.8. The van der Waals surface area contributed by atoms with Gasteiger partial charge in [0.1, 0.15) is 17.3 Å². The summed E-state index contributed by atoms with van der Waals surface area (Å²) in [6.07, 6.45) is -2.56. The number of rotatable bonds is 16. The van der Waals surface area contributed by atoms with E-state index in [0.717, 1.165) is 17.6 Å². The lowest BCUT2D eigenvalue weighted by Gasteiger charge is -2.20. The van der Waals surface area contributed by atoms with Crippen LogP contribution < -0.4 is 5.32 Å². The quantitative estimate of drug-likeness (QED) is 0.0428. The molecule has 0 aliphatic heterocycles. The maximum atomic E-state index is 14.3. The first-order valence-electron chi connectivity index (χ1n) is 15.1. The summed E-state index contributed by atoms with van der Waals surface area (Å²) in [7, 11) is 1.42. The van der Waals surface area contributed by atoms with E-state index in [1.54, 1.807) is 36.4 Å². The van der Waals surface area contributed by atoms with E-state index in [1.807, 2.05) is 30.5 Å². The Hall–Kier alpha value is -4.07. The van der Waals surface area contributed by atoms with Crippen molar-refractivity contribution in [2.45, 2.75) is 63.5 Å². The molecule has 0 unspecified atom stereocenters. The first-order valence-corrected chi connectivity index (χ1v) is 16.0. The number of carbonyl (C=O) groups is 2. The number of aliphatic carboxylic acids is 1. The zero-order valence-corrected chi connectivity index (χ0v) is 27.1. The Morgan fingerprint density at radius 3 is 1.98 bits per heavy atom. The number of amides is 1. The van der Waals surface area contributed by atoms with Gasteiger partial charge in [-0.1, -0.05) is 36.4 Å². The molecular weight excluding hydrogens is 630 g/mol. The molecule has 1 amide bonds. The summed E-state index contributed by atoms with van der Waals surface area (Å²) in [5.41, 5.74) is 4.69. The van der Waals surface area contributed by atoms with Crippen molar-refractivity contribution in [3.05, 3.63) is 101 Å². The summed E-state index contributed by atoms with van der Waals surface area (Å²) < 4.78 is 35.0. The van der Waals surface area contributed by atoms with Crippen molar-refractivity contribution >= 4 is 29.6 Å². The fourth-order valence-corrected chi connectivity index (χ4v) is 6.01. The third-order valence-electron chi connectivity index (χ3n) is 7.53. The molecule has 0 saturated carbocycles. The van der Waals surface area contributed by atoms with Gasteiger partial charge in [0, 0.05) is 46.3 Å². The minimum atomic E-state index is -1.23. The van der Waals surface area contributed by atoms with Gasteiger partial charge in [-0.25, -0.2) is 13.7 Å². The lowest BCUT2D eigenvalue weighted by atomic mass is 9.92. The monoisotopic (exact) mass is 668 g/mol. The second-order valence-electron chi connectivity index (χ2n) is 11.4. The Morgan fingerprint density at radius 1 is 0.872 bits per heavy atom. The molecular formula is C35H38F2N2O7S. The van der Waals surface area contributed by atoms with Crippen LogP contribution in [0.1, 0.15) is 60.9 Å². The van der Waals surface area contributed by atoms with E-state index in [9.17, 15) is 28.6 Å². The number of aliphatic hydroxyl groups excluding tert-OH is 2. The number of hydrogen-bond donors (Lipinski definition) is 4. The van der Waals surface area contributed by atoms with Crippen LogP contribution in [0.15, 0.2) is 72.8 Å². The number of aliphatic hydroxyl groups is 2. The maximum absolute atomic E-state index is 14.3. The smallest absolute Gasteiger partial charge is 0.305 e. The molecule has 0 fully saturated rings. The topological polar surface area (TPSA) is 130 Å². The lowest BCUT2D eigenvalue weighted by molar-refractivity contribution is -0.160.